The van der Waals surface area contributed by atoms with E-state index < -0.39 is 10.8 Å². The molecule has 0 aliphatic rings. The molecule has 0 amide bonds. The SMILES string of the molecule is CCCC[S@@](=O)Cc1cnc(-c2ccc(Cl)cc2)nc1. The molecule has 2 rings (SSSR count). The van der Waals surface area contributed by atoms with Crippen LogP contribution >= 0.6 is 11.6 Å². The normalized spacial score (nSPS) is 12.3. The molecule has 1 aromatic heterocycles. The van der Waals surface area contributed by atoms with E-state index in [4.69, 9.17) is 11.6 Å². The first-order valence-corrected chi connectivity index (χ1v) is 8.47. The Balaban J connectivity index is 2.02. The van der Waals surface area contributed by atoms with Crippen molar-refractivity contribution in [2.24, 2.45) is 0 Å². The summed E-state index contributed by atoms with van der Waals surface area (Å²) in [6, 6.07) is 7.40. The fourth-order valence-corrected chi connectivity index (χ4v) is 3.14. The lowest BCUT2D eigenvalue weighted by Gasteiger charge is -2.03. The Morgan fingerprint density at radius 2 is 1.80 bits per heavy atom. The van der Waals surface area contributed by atoms with Gasteiger partial charge in [-0.15, -0.1) is 0 Å². The summed E-state index contributed by atoms with van der Waals surface area (Å²) in [6.45, 7) is 2.10. The van der Waals surface area contributed by atoms with Crippen molar-refractivity contribution < 1.29 is 4.21 Å². The van der Waals surface area contributed by atoms with Crippen LogP contribution in [0, 0.1) is 0 Å². The zero-order valence-corrected chi connectivity index (χ0v) is 13.0. The van der Waals surface area contributed by atoms with Gasteiger partial charge in [-0.05, 0) is 30.7 Å². The Hall–Kier alpha value is -1.26. The lowest BCUT2D eigenvalue weighted by Crippen LogP contribution is -2.02. The highest BCUT2D eigenvalue weighted by molar-refractivity contribution is 7.84. The van der Waals surface area contributed by atoms with Gasteiger partial charge in [0.25, 0.3) is 0 Å². The number of hydrogen-bond acceptors (Lipinski definition) is 3. The van der Waals surface area contributed by atoms with Crippen LogP contribution in [-0.4, -0.2) is 19.9 Å². The third kappa shape index (κ3) is 4.39. The predicted octanol–water partition coefficient (Wildman–Crippen LogP) is 3.85. The summed E-state index contributed by atoms with van der Waals surface area (Å²) in [4.78, 5) is 8.65. The topological polar surface area (TPSA) is 42.9 Å². The van der Waals surface area contributed by atoms with Crippen LogP contribution in [0.4, 0.5) is 0 Å². The number of aromatic nitrogens is 2. The lowest BCUT2D eigenvalue weighted by atomic mass is 10.2. The molecular weight excluding hydrogens is 292 g/mol. The molecule has 1 heterocycles. The van der Waals surface area contributed by atoms with E-state index in [-0.39, 0.29) is 0 Å². The molecule has 20 heavy (non-hydrogen) atoms. The minimum atomic E-state index is -0.823. The summed E-state index contributed by atoms with van der Waals surface area (Å²) in [6.07, 6.45) is 5.57. The molecule has 0 bridgehead atoms. The monoisotopic (exact) mass is 308 g/mol. The molecule has 0 radical (unpaired) electrons. The van der Waals surface area contributed by atoms with E-state index in [1.807, 2.05) is 24.3 Å². The van der Waals surface area contributed by atoms with Crippen LogP contribution in [0.25, 0.3) is 11.4 Å². The van der Waals surface area contributed by atoms with Crippen LogP contribution < -0.4 is 0 Å². The molecular formula is C15H17ClN2OS. The van der Waals surface area contributed by atoms with Crippen molar-refractivity contribution in [3.05, 3.63) is 47.2 Å². The summed E-state index contributed by atoms with van der Waals surface area (Å²) in [5, 5.41) is 0.691. The molecule has 1 aromatic carbocycles. The van der Waals surface area contributed by atoms with Gasteiger partial charge in [0.2, 0.25) is 0 Å². The standard InChI is InChI=1S/C15H17ClN2OS/c1-2-3-8-20(19)11-12-9-17-15(18-10-12)13-4-6-14(16)7-5-13/h4-7,9-10H,2-3,8,11H2,1H3/t20-/m1/s1. The van der Waals surface area contributed by atoms with E-state index in [2.05, 4.69) is 16.9 Å². The maximum atomic E-state index is 11.8. The van der Waals surface area contributed by atoms with Gasteiger partial charge in [-0.1, -0.05) is 24.9 Å². The van der Waals surface area contributed by atoms with E-state index in [1.54, 1.807) is 12.4 Å². The van der Waals surface area contributed by atoms with Gasteiger partial charge in [0.05, 0.1) is 5.75 Å². The van der Waals surface area contributed by atoms with E-state index in [9.17, 15) is 4.21 Å². The zero-order chi connectivity index (χ0) is 14.4. The van der Waals surface area contributed by atoms with Crippen molar-refractivity contribution in [3.63, 3.8) is 0 Å². The number of rotatable bonds is 6. The van der Waals surface area contributed by atoms with Crippen LogP contribution in [0.15, 0.2) is 36.7 Å². The van der Waals surface area contributed by atoms with Crippen molar-refractivity contribution in [3.8, 4) is 11.4 Å². The van der Waals surface area contributed by atoms with Crippen LogP contribution in [0.3, 0.4) is 0 Å². The van der Waals surface area contributed by atoms with Gasteiger partial charge in [-0.3, -0.25) is 4.21 Å². The maximum Gasteiger partial charge on any atom is 0.159 e. The fourth-order valence-electron chi connectivity index (χ4n) is 1.74. The molecule has 106 valence electrons. The van der Waals surface area contributed by atoms with Gasteiger partial charge in [-0.2, -0.15) is 0 Å². The Labute approximate surface area is 126 Å². The molecule has 0 spiro atoms. The number of halogens is 1. The summed E-state index contributed by atoms with van der Waals surface area (Å²) in [5.41, 5.74) is 1.84. The Morgan fingerprint density at radius 1 is 1.15 bits per heavy atom. The van der Waals surface area contributed by atoms with Crippen LogP contribution in [0.1, 0.15) is 25.3 Å². The second-order valence-electron chi connectivity index (χ2n) is 4.56. The van der Waals surface area contributed by atoms with Gasteiger partial charge in [-0.25, -0.2) is 9.97 Å². The van der Waals surface area contributed by atoms with Crippen LogP contribution in [-0.2, 0) is 16.6 Å². The average molecular weight is 309 g/mol. The maximum absolute atomic E-state index is 11.8. The van der Waals surface area contributed by atoms with Crippen LogP contribution in [0.2, 0.25) is 5.02 Å². The van der Waals surface area contributed by atoms with Crippen molar-refractivity contribution in [2.45, 2.75) is 25.5 Å². The first-order chi connectivity index (χ1) is 9.69. The molecule has 0 saturated heterocycles. The minimum absolute atomic E-state index is 0.529. The Morgan fingerprint density at radius 3 is 2.40 bits per heavy atom. The van der Waals surface area contributed by atoms with Gasteiger partial charge < -0.3 is 0 Å². The second kappa shape index (κ2) is 7.50. The van der Waals surface area contributed by atoms with Crippen molar-refractivity contribution in [1.29, 1.82) is 0 Å². The van der Waals surface area contributed by atoms with Crippen molar-refractivity contribution in [2.75, 3.05) is 5.75 Å². The smallest absolute Gasteiger partial charge is 0.159 e. The van der Waals surface area contributed by atoms with E-state index in [1.165, 1.54) is 0 Å². The molecule has 2 aromatic rings. The first-order valence-electron chi connectivity index (χ1n) is 6.61. The van der Waals surface area contributed by atoms with Gasteiger partial charge in [0, 0.05) is 45.1 Å². The number of unbranched alkanes of at least 4 members (excludes halogenated alkanes) is 1. The fraction of sp³-hybridized carbons (Fsp3) is 0.333. The number of nitrogens with zero attached hydrogens (tertiary/aromatic N) is 2. The third-order valence-electron chi connectivity index (χ3n) is 2.86. The Kier molecular flexibility index (Phi) is 5.68. The highest BCUT2D eigenvalue weighted by Gasteiger charge is 2.05. The van der Waals surface area contributed by atoms with Crippen LogP contribution in [0.5, 0.6) is 0 Å². The van der Waals surface area contributed by atoms with Gasteiger partial charge in [0.1, 0.15) is 0 Å². The molecule has 1 atom stereocenters. The third-order valence-corrected chi connectivity index (χ3v) is 4.51. The zero-order valence-electron chi connectivity index (χ0n) is 11.4. The molecule has 0 aliphatic carbocycles. The van der Waals surface area contributed by atoms with E-state index >= 15 is 0 Å². The molecule has 3 nitrogen and oxygen atoms in total. The molecule has 5 heteroatoms. The highest BCUT2D eigenvalue weighted by atomic mass is 35.5. The summed E-state index contributed by atoms with van der Waals surface area (Å²) in [5.74, 6) is 1.93. The summed E-state index contributed by atoms with van der Waals surface area (Å²) in [7, 11) is -0.823. The second-order valence-corrected chi connectivity index (χ2v) is 6.58. The van der Waals surface area contributed by atoms with Gasteiger partial charge in [0.15, 0.2) is 5.82 Å². The number of hydrogen-bond donors (Lipinski definition) is 0. The summed E-state index contributed by atoms with van der Waals surface area (Å²) >= 11 is 5.85. The highest BCUT2D eigenvalue weighted by Crippen LogP contribution is 2.17. The average Bonchev–Trinajstić information content (AvgIpc) is 2.47. The van der Waals surface area contributed by atoms with E-state index in [0.29, 0.717) is 16.6 Å². The molecule has 0 unspecified atom stereocenters. The number of benzene rings is 1. The lowest BCUT2D eigenvalue weighted by molar-refractivity contribution is 0.679. The van der Waals surface area contributed by atoms with Gasteiger partial charge >= 0.3 is 0 Å². The molecule has 0 N–H and O–H groups in total. The van der Waals surface area contributed by atoms with E-state index in [0.717, 1.165) is 29.7 Å². The van der Waals surface area contributed by atoms with Crippen molar-refractivity contribution in [1.82, 2.24) is 9.97 Å². The quantitative estimate of drug-likeness (QED) is 0.814. The minimum Gasteiger partial charge on any atom is -0.259 e. The molecule has 0 saturated carbocycles. The molecule has 0 aliphatic heterocycles. The van der Waals surface area contributed by atoms with Crippen molar-refractivity contribution >= 4 is 22.4 Å². The first kappa shape index (κ1) is 15.1. The largest absolute Gasteiger partial charge is 0.259 e. The Bertz CT molecular complexity index is 569. The predicted molar refractivity (Wildman–Crippen MR) is 84.1 cm³/mol. The summed E-state index contributed by atoms with van der Waals surface area (Å²) < 4.78 is 11.8. The molecule has 0 fully saturated rings.